The zero-order valence-corrected chi connectivity index (χ0v) is 16.0. The maximum Gasteiger partial charge on any atom is 0.192 e. The summed E-state index contributed by atoms with van der Waals surface area (Å²) >= 11 is 0. The van der Waals surface area contributed by atoms with E-state index in [0.717, 1.165) is 11.8 Å². The summed E-state index contributed by atoms with van der Waals surface area (Å²) in [6.45, 7) is 16.3. The molecule has 2 nitrogen and oxygen atoms in total. The summed E-state index contributed by atoms with van der Waals surface area (Å²) in [6.07, 6.45) is 5.58. The van der Waals surface area contributed by atoms with E-state index in [1.165, 1.54) is 25.7 Å². The molecule has 0 amide bonds. The minimum absolute atomic E-state index is 0.278. The smallest absolute Gasteiger partial charge is 0.192 e. The van der Waals surface area contributed by atoms with Gasteiger partial charge in [0, 0.05) is 7.11 Å². The summed E-state index contributed by atoms with van der Waals surface area (Å²) in [6, 6.07) is 0. The van der Waals surface area contributed by atoms with Gasteiger partial charge in [0.1, 0.15) is 0 Å². The highest BCUT2D eigenvalue weighted by Crippen LogP contribution is 2.40. The molecule has 0 aliphatic heterocycles. The van der Waals surface area contributed by atoms with Crippen molar-refractivity contribution < 1.29 is 9.16 Å². The molecule has 0 radical (unpaired) electrons. The van der Waals surface area contributed by atoms with Gasteiger partial charge in [-0.1, -0.05) is 34.6 Å². The highest BCUT2D eigenvalue weighted by atomic mass is 28.4. The molecule has 1 fully saturated rings. The summed E-state index contributed by atoms with van der Waals surface area (Å²) in [5.74, 6) is 1.61. The lowest BCUT2D eigenvalue weighted by molar-refractivity contribution is -0.0461. The van der Waals surface area contributed by atoms with Gasteiger partial charge in [-0.25, -0.2) is 0 Å². The minimum Gasteiger partial charge on any atom is -0.411 e. The molecule has 20 heavy (non-hydrogen) atoms. The number of ether oxygens (including phenoxy) is 1. The molecule has 1 unspecified atom stereocenters. The van der Waals surface area contributed by atoms with Crippen LogP contribution in [0.25, 0.3) is 0 Å². The van der Waals surface area contributed by atoms with Gasteiger partial charge >= 0.3 is 0 Å². The molecule has 0 heterocycles. The Morgan fingerprint density at radius 2 is 1.70 bits per heavy atom. The SMILES string of the molecule is CO[C@@H]1C[C@H](CC(C)C)CCC1O[Si](C)(C)C(C)(C)C. The van der Waals surface area contributed by atoms with E-state index >= 15 is 0 Å². The van der Waals surface area contributed by atoms with Gasteiger partial charge in [-0.15, -0.1) is 0 Å². The average Bonchev–Trinajstić information content (AvgIpc) is 2.28. The van der Waals surface area contributed by atoms with Crippen LogP contribution in [-0.2, 0) is 9.16 Å². The van der Waals surface area contributed by atoms with Gasteiger partial charge in [-0.3, -0.25) is 0 Å². The molecule has 0 aromatic carbocycles. The molecule has 1 aliphatic carbocycles. The largest absolute Gasteiger partial charge is 0.411 e. The predicted octanol–water partition coefficient (Wildman–Crippen LogP) is 5.24. The molecular weight excluding hydrogens is 264 g/mol. The summed E-state index contributed by atoms with van der Waals surface area (Å²) in [7, 11) is 0.167. The lowest BCUT2D eigenvalue weighted by Gasteiger charge is -2.44. The number of hydrogen-bond donors (Lipinski definition) is 0. The van der Waals surface area contributed by atoms with Gasteiger partial charge in [0.2, 0.25) is 0 Å². The molecule has 0 N–H and O–H groups in total. The van der Waals surface area contributed by atoms with E-state index < -0.39 is 8.32 Å². The molecule has 0 bridgehead atoms. The molecule has 3 heteroatoms. The Bertz CT molecular complexity index is 294. The highest BCUT2D eigenvalue weighted by molar-refractivity contribution is 6.74. The van der Waals surface area contributed by atoms with Crippen LogP contribution in [0, 0.1) is 11.8 Å². The Morgan fingerprint density at radius 3 is 2.15 bits per heavy atom. The van der Waals surface area contributed by atoms with E-state index in [1.807, 2.05) is 7.11 Å². The normalized spacial score (nSPS) is 28.9. The lowest BCUT2D eigenvalue weighted by atomic mass is 9.81. The van der Waals surface area contributed by atoms with Crippen molar-refractivity contribution in [1.29, 1.82) is 0 Å². The van der Waals surface area contributed by atoms with Crippen LogP contribution >= 0.6 is 0 Å². The number of rotatable bonds is 5. The second kappa shape index (κ2) is 6.93. The molecule has 120 valence electrons. The van der Waals surface area contributed by atoms with Crippen molar-refractivity contribution in [2.45, 2.75) is 90.6 Å². The molecule has 0 spiro atoms. The van der Waals surface area contributed by atoms with Crippen LogP contribution in [0.1, 0.15) is 60.3 Å². The van der Waals surface area contributed by atoms with Crippen molar-refractivity contribution >= 4 is 8.32 Å². The maximum absolute atomic E-state index is 6.61. The third kappa shape index (κ3) is 4.85. The van der Waals surface area contributed by atoms with Crippen molar-refractivity contribution in [3.63, 3.8) is 0 Å². The highest BCUT2D eigenvalue weighted by Gasteiger charge is 2.42. The Hall–Kier alpha value is 0.137. The van der Waals surface area contributed by atoms with Crippen LogP contribution in [-0.4, -0.2) is 27.6 Å². The Kier molecular flexibility index (Phi) is 6.30. The van der Waals surface area contributed by atoms with Gasteiger partial charge in [-0.2, -0.15) is 0 Å². The van der Waals surface area contributed by atoms with Crippen molar-refractivity contribution in [3.8, 4) is 0 Å². The van der Waals surface area contributed by atoms with Gasteiger partial charge in [0.05, 0.1) is 12.2 Å². The van der Waals surface area contributed by atoms with Crippen LogP contribution in [0.5, 0.6) is 0 Å². The van der Waals surface area contributed by atoms with Gasteiger partial charge in [0.15, 0.2) is 8.32 Å². The molecule has 1 saturated carbocycles. The molecule has 3 atom stereocenters. The lowest BCUT2D eigenvalue weighted by Crippen LogP contribution is -2.49. The Morgan fingerprint density at radius 1 is 1.10 bits per heavy atom. The summed E-state index contributed by atoms with van der Waals surface area (Å²) < 4.78 is 12.4. The number of methoxy groups -OCH3 is 1. The summed E-state index contributed by atoms with van der Waals surface area (Å²) in [5, 5.41) is 0.278. The Labute approximate surface area is 127 Å². The fourth-order valence-corrected chi connectivity index (χ4v) is 4.38. The molecular formula is C17H36O2Si. The van der Waals surface area contributed by atoms with E-state index in [9.17, 15) is 0 Å². The first kappa shape index (κ1) is 18.2. The maximum atomic E-state index is 6.61. The number of hydrogen-bond acceptors (Lipinski definition) is 2. The fourth-order valence-electron chi connectivity index (χ4n) is 3.00. The van der Waals surface area contributed by atoms with Crippen LogP contribution in [0.2, 0.25) is 18.1 Å². The minimum atomic E-state index is -1.68. The second-order valence-corrected chi connectivity index (χ2v) is 13.3. The van der Waals surface area contributed by atoms with E-state index in [-0.39, 0.29) is 5.04 Å². The van der Waals surface area contributed by atoms with Gasteiger partial charge in [-0.05, 0) is 55.7 Å². The van der Waals surface area contributed by atoms with Crippen LogP contribution in [0.15, 0.2) is 0 Å². The quantitative estimate of drug-likeness (QED) is 0.647. The third-order valence-corrected chi connectivity index (χ3v) is 9.70. The molecule has 1 aliphatic rings. The standard InChI is InChI=1S/C17H36O2Si/c1-13(2)11-14-9-10-15(16(12-14)18-6)19-20(7,8)17(3,4)5/h13-16H,9-12H2,1-8H3/t14-,15?,16+/m0/s1. The predicted molar refractivity (Wildman–Crippen MR) is 89.7 cm³/mol. The van der Waals surface area contributed by atoms with Gasteiger partial charge in [0.25, 0.3) is 0 Å². The molecule has 0 saturated heterocycles. The van der Waals surface area contributed by atoms with Crippen molar-refractivity contribution in [2.75, 3.05) is 7.11 Å². The van der Waals surface area contributed by atoms with E-state index in [1.54, 1.807) is 0 Å². The van der Waals surface area contributed by atoms with Crippen LogP contribution < -0.4 is 0 Å². The summed E-state index contributed by atoms with van der Waals surface area (Å²) in [5.41, 5.74) is 0. The van der Waals surface area contributed by atoms with Crippen LogP contribution in [0.3, 0.4) is 0 Å². The second-order valence-electron chi connectivity index (χ2n) is 8.50. The molecule has 1 rings (SSSR count). The monoisotopic (exact) mass is 300 g/mol. The average molecular weight is 301 g/mol. The Balaban J connectivity index is 2.64. The van der Waals surface area contributed by atoms with Gasteiger partial charge < -0.3 is 9.16 Å². The van der Waals surface area contributed by atoms with Crippen molar-refractivity contribution in [3.05, 3.63) is 0 Å². The van der Waals surface area contributed by atoms with E-state index in [4.69, 9.17) is 9.16 Å². The zero-order valence-electron chi connectivity index (χ0n) is 15.0. The van der Waals surface area contributed by atoms with E-state index in [0.29, 0.717) is 12.2 Å². The fraction of sp³-hybridized carbons (Fsp3) is 1.00. The molecule has 0 aromatic heterocycles. The summed E-state index contributed by atoms with van der Waals surface area (Å²) in [4.78, 5) is 0. The van der Waals surface area contributed by atoms with E-state index in [2.05, 4.69) is 47.7 Å². The first-order chi connectivity index (χ1) is 9.06. The van der Waals surface area contributed by atoms with Crippen molar-refractivity contribution in [1.82, 2.24) is 0 Å². The topological polar surface area (TPSA) is 18.5 Å². The first-order valence-corrected chi connectivity index (χ1v) is 11.2. The third-order valence-electron chi connectivity index (χ3n) is 5.20. The van der Waals surface area contributed by atoms with Crippen molar-refractivity contribution in [2.24, 2.45) is 11.8 Å². The molecule has 0 aromatic rings. The first-order valence-electron chi connectivity index (χ1n) is 8.27. The van der Waals surface area contributed by atoms with Crippen LogP contribution in [0.4, 0.5) is 0 Å². The zero-order chi connectivity index (χ0) is 15.6.